The van der Waals surface area contributed by atoms with E-state index in [-0.39, 0.29) is 29.6 Å². The second-order valence-electron chi connectivity index (χ2n) is 9.90. The van der Waals surface area contributed by atoms with Gasteiger partial charge in [-0.15, -0.1) is 0 Å². The van der Waals surface area contributed by atoms with E-state index in [2.05, 4.69) is 10.6 Å². The molecular weight excluding hydrogens is 550 g/mol. The van der Waals surface area contributed by atoms with Gasteiger partial charge in [0.05, 0.1) is 7.11 Å². The van der Waals surface area contributed by atoms with Crippen LogP contribution >= 0.6 is 11.6 Å². The third-order valence-electron chi connectivity index (χ3n) is 5.98. The van der Waals surface area contributed by atoms with E-state index in [1.54, 1.807) is 37.3 Å². The molecule has 0 spiro atoms. The third kappa shape index (κ3) is 14.4. The van der Waals surface area contributed by atoms with Crippen molar-refractivity contribution < 1.29 is 33.4 Å². The summed E-state index contributed by atoms with van der Waals surface area (Å²) in [5.74, 6) is -1.24. The lowest BCUT2D eigenvalue weighted by Gasteiger charge is -2.25. The van der Waals surface area contributed by atoms with E-state index < -0.39 is 30.1 Å². The number of rotatable bonds is 15. The fourth-order valence-electron chi connectivity index (χ4n) is 3.80. The summed E-state index contributed by atoms with van der Waals surface area (Å²) in [5.41, 5.74) is 6.04. The first-order chi connectivity index (χ1) is 19.3. The van der Waals surface area contributed by atoms with E-state index in [0.717, 1.165) is 5.57 Å². The molecule has 41 heavy (non-hydrogen) atoms. The first kappa shape index (κ1) is 35.2. The Hall–Kier alpha value is -3.79. The number of methoxy groups -OCH3 is 1. The predicted molar refractivity (Wildman–Crippen MR) is 158 cm³/mol. The number of cyclic esters (lactones) is 1. The Morgan fingerprint density at radius 3 is 2.44 bits per heavy atom. The number of amides is 3. The molecule has 0 bridgehead atoms. The molecule has 4 N–H and O–H groups in total. The van der Waals surface area contributed by atoms with Crippen molar-refractivity contribution in [1.29, 1.82) is 0 Å². The quantitative estimate of drug-likeness (QED) is 0.142. The number of hydrogen-bond donors (Lipinski definition) is 3. The third-order valence-corrected chi connectivity index (χ3v) is 6.13. The molecule has 1 aliphatic rings. The number of carbonyl (C=O) groups is 4. The standard InChI is InChI=1S/C30H42ClN3O7/c1-19(2)27(28(36)33-17-9-11-23(40-30(32)38)14-13-22(5)31)34-26(35)12-8-7-10-20(3)18-21(4)24-15-16-25(39-6)29(37)41-24/h7-10,12-13,16-19,21,23-24,27H,11,14-15H2,1-6H3,(H2,32,38)(H,33,36)(H,34,35)/t21-,23-,24-,27-/m0/s1. The molecule has 0 saturated heterocycles. The topological polar surface area (TPSA) is 146 Å². The molecule has 0 saturated carbocycles. The summed E-state index contributed by atoms with van der Waals surface area (Å²) in [5, 5.41) is 5.91. The Balaban J connectivity index is 2.63. The molecule has 0 aromatic carbocycles. The van der Waals surface area contributed by atoms with Crippen LogP contribution in [0.2, 0.25) is 0 Å². The van der Waals surface area contributed by atoms with Crippen molar-refractivity contribution in [3.63, 3.8) is 0 Å². The first-order valence-corrected chi connectivity index (χ1v) is 13.7. The SMILES string of the molecule is COC1=CC[C@@H]([C@@H](C)C=C(C)C=CC=CC(=O)N[C@H](C(=O)NC=CC[C@@H](CC=C(C)Cl)OC(N)=O)C(C)C)OC1=O. The van der Waals surface area contributed by atoms with Crippen LogP contribution in [0.1, 0.15) is 53.9 Å². The Morgan fingerprint density at radius 1 is 1.17 bits per heavy atom. The molecule has 0 fully saturated rings. The van der Waals surface area contributed by atoms with Gasteiger partial charge in [0.1, 0.15) is 18.2 Å². The van der Waals surface area contributed by atoms with Crippen molar-refractivity contribution in [1.82, 2.24) is 10.6 Å². The van der Waals surface area contributed by atoms with E-state index in [9.17, 15) is 19.2 Å². The maximum absolute atomic E-state index is 12.7. The van der Waals surface area contributed by atoms with Crippen LogP contribution in [-0.4, -0.2) is 49.2 Å². The van der Waals surface area contributed by atoms with Crippen LogP contribution in [0.15, 0.2) is 71.2 Å². The number of carbonyl (C=O) groups excluding carboxylic acids is 4. The molecule has 1 heterocycles. The smallest absolute Gasteiger partial charge is 0.404 e. The normalized spacial score (nSPS) is 18.7. The monoisotopic (exact) mass is 591 g/mol. The van der Waals surface area contributed by atoms with Crippen molar-refractivity contribution in [2.24, 2.45) is 17.6 Å². The number of primary amides is 1. The predicted octanol–water partition coefficient (Wildman–Crippen LogP) is 4.68. The Bertz CT molecular complexity index is 1100. The summed E-state index contributed by atoms with van der Waals surface area (Å²) in [6.45, 7) is 9.22. The number of halogens is 1. The molecule has 4 atom stereocenters. The summed E-state index contributed by atoms with van der Waals surface area (Å²) in [4.78, 5) is 48.1. The number of allylic oxidation sites excluding steroid dienone is 5. The van der Waals surface area contributed by atoms with Crippen molar-refractivity contribution >= 4 is 35.5 Å². The molecular formula is C30H42ClN3O7. The van der Waals surface area contributed by atoms with Gasteiger partial charge in [0.25, 0.3) is 0 Å². The molecule has 0 aliphatic carbocycles. The van der Waals surface area contributed by atoms with Gasteiger partial charge in [-0.2, -0.15) is 0 Å². The van der Waals surface area contributed by atoms with Gasteiger partial charge in [-0.25, -0.2) is 9.59 Å². The van der Waals surface area contributed by atoms with Gasteiger partial charge in [-0.05, 0) is 32.0 Å². The van der Waals surface area contributed by atoms with Gasteiger partial charge in [0.2, 0.25) is 11.8 Å². The van der Waals surface area contributed by atoms with E-state index in [0.29, 0.717) is 24.3 Å². The van der Waals surface area contributed by atoms with Gasteiger partial charge in [0.15, 0.2) is 5.76 Å². The highest BCUT2D eigenvalue weighted by molar-refractivity contribution is 6.29. The van der Waals surface area contributed by atoms with E-state index in [1.165, 1.54) is 19.4 Å². The van der Waals surface area contributed by atoms with E-state index in [1.807, 2.05) is 39.8 Å². The molecule has 0 aromatic heterocycles. The average molecular weight is 592 g/mol. The van der Waals surface area contributed by atoms with Crippen LogP contribution < -0.4 is 16.4 Å². The molecule has 1 aliphatic heterocycles. The fraction of sp³-hybridized carbons (Fsp3) is 0.467. The molecule has 10 nitrogen and oxygen atoms in total. The highest BCUT2D eigenvalue weighted by Crippen LogP contribution is 2.22. The zero-order chi connectivity index (χ0) is 30.9. The lowest BCUT2D eigenvalue weighted by Crippen LogP contribution is -2.48. The van der Waals surface area contributed by atoms with Crippen LogP contribution in [0.3, 0.4) is 0 Å². The van der Waals surface area contributed by atoms with Crippen molar-refractivity contribution in [2.45, 2.75) is 72.1 Å². The second-order valence-corrected chi connectivity index (χ2v) is 10.5. The molecule has 1 rings (SSSR count). The lowest BCUT2D eigenvalue weighted by atomic mass is 9.97. The number of nitrogens with one attached hydrogen (secondary N) is 2. The minimum atomic E-state index is -0.898. The van der Waals surface area contributed by atoms with Crippen LogP contribution in [0.4, 0.5) is 4.79 Å². The van der Waals surface area contributed by atoms with Crippen LogP contribution in [0, 0.1) is 11.8 Å². The average Bonchev–Trinajstić information content (AvgIpc) is 2.89. The maximum Gasteiger partial charge on any atom is 0.404 e. The second kappa shape index (κ2) is 18.5. The van der Waals surface area contributed by atoms with Gasteiger partial charge in [-0.1, -0.05) is 74.4 Å². The lowest BCUT2D eigenvalue weighted by molar-refractivity contribution is -0.151. The van der Waals surface area contributed by atoms with Crippen molar-refractivity contribution in [3.05, 3.63) is 71.2 Å². The number of hydrogen-bond acceptors (Lipinski definition) is 7. The highest BCUT2D eigenvalue weighted by Gasteiger charge is 2.27. The fourth-order valence-corrected chi connectivity index (χ4v) is 3.89. The van der Waals surface area contributed by atoms with E-state index in [4.69, 9.17) is 31.5 Å². The van der Waals surface area contributed by atoms with Crippen molar-refractivity contribution in [2.75, 3.05) is 7.11 Å². The zero-order valence-electron chi connectivity index (χ0n) is 24.5. The molecule has 0 aromatic rings. The Labute approximate surface area is 247 Å². The van der Waals surface area contributed by atoms with Crippen molar-refractivity contribution in [3.8, 4) is 0 Å². The first-order valence-electron chi connectivity index (χ1n) is 13.4. The van der Waals surface area contributed by atoms with E-state index >= 15 is 0 Å². The summed E-state index contributed by atoms with van der Waals surface area (Å²) in [6.07, 6.45) is 14.5. The van der Waals surface area contributed by atoms with Crippen LogP contribution in [0.5, 0.6) is 0 Å². The highest BCUT2D eigenvalue weighted by atomic mass is 35.5. The summed E-state index contributed by atoms with van der Waals surface area (Å²) in [7, 11) is 1.43. The molecule has 0 unspecified atom stereocenters. The molecule has 0 radical (unpaired) electrons. The zero-order valence-corrected chi connectivity index (χ0v) is 25.3. The summed E-state index contributed by atoms with van der Waals surface area (Å²) in [6, 6.07) is -0.770. The Morgan fingerprint density at radius 2 is 1.85 bits per heavy atom. The largest absolute Gasteiger partial charge is 0.490 e. The summed E-state index contributed by atoms with van der Waals surface area (Å²) < 4.78 is 15.4. The molecule has 226 valence electrons. The van der Waals surface area contributed by atoms with Gasteiger partial charge in [0, 0.05) is 36.3 Å². The van der Waals surface area contributed by atoms with Crippen LogP contribution in [0.25, 0.3) is 0 Å². The van der Waals surface area contributed by atoms with Gasteiger partial charge < -0.3 is 30.6 Å². The minimum Gasteiger partial charge on any atom is -0.490 e. The minimum absolute atomic E-state index is 0.0156. The maximum atomic E-state index is 12.7. The number of esters is 1. The Kier molecular flexibility index (Phi) is 15.9. The molecule has 11 heteroatoms. The van der Waals surface area contributed by atoms with Crippen LogP contribution in [-0.2, 0) is 28.6 Å². The molecule has 3 amide bonds. The van der Waals surface area contributed by atoms with Gasteiger partial charge in [-0.3, -0.25) is 9.59 Å². The summed E-state index contributed by atoms with van der Waals surface area (Å²) >= 11 is 5.83. The number of nitrogens with two attached hydrogens (primary N) is 1. The van der Waals surface area contributed by atoms with Gasteiger partial charge >= 0.3 is 12.1 Å². The number of ether oxygens (including phenoxy) is 3.